The van der Waals surface area contributed by atoms with Crippen molar-refractivity contribution < 1.29 is 9.84 Å². The minimum absolute atomic E-state index is 0.0977. The molecule has 0 spiro atoms. The molecular weight excluding hydrogens is 244 g/mol. The zero-order valence-electron chi connectivity index (χ0n) is 12.2. The van der Waals surface area contributed by atoms with Crippen molar-refractivity contribution in [3.8, 4) is 0 Å². The molecule has 0 aliphatic heterocycles. The zero-order valence-corrected chi connectivity index (χ0v) is 13.2. The Kier molecular flexibility index (Phi) is 5.13. The molecule has 1 aromatic rings. The molecule has 104 valence electrons. The topological polar surface area (TPSA) is 47.3 Å². The average molecular weight is 270 g/mol. The van der Waals surface area contributed by atoms with Crippen LogP contribution in [0.25, 0.3) is 0 Å². The summed E-state index contributed by atoms with van der Waals surface area (Å²) in [6, 6.07) is 3.11. The number of rotatable bonds is 7. The maximum atomic E-state index is 9.28. The highest BCUT2D eigenvalue weighted by atomic mass is 28.3. The van der Waals surface area contributed by atoms with Gasteiger partial charge in [-0.15, -0.1) is 0 Å². The number of ether oxygens (including phenoxy) is 1. The van der Waals surface area contributed by atoms with E-state index >= 15 is 0 Å². The third kappa shape index (κ3) is 4.92. The van der Waals surface area contributed by atoms with Crippen molar-refractivity contribution in [1.82, 2.24) is 9.78 Å². The zero-order chi connectivity index (χ0) is 13.8. The molecule has 0 aliphatic rings. The predicted octanol–water partition coefficient (Wildman–Crippen LogP) is 2.47. The van der Waals surface area contributed by atoms with E-state index in [0.717, 1.165) is 12.3 Å². The van der Waals surface area contributed by atoms with Gasteiger partial charge in [-0.2, -0.15) is 5.10 Å². The van der Waals surface area contributed by atoms with Gasteiger partial charge < -0.3 is 9.84 Å². The molecule has 0 atom stereocenters. The number of hydrogen-bond acceptors (Lipinski definition) is 3. The van der Waals surface area contributed by atoms with E-state index in [1.165, 1.54) is 6.04 Å². The summed E-state index contributed by atoms with van der Waals surface area (Å²) in [6.07, 6.45) is 1.90. The summed E-state index contributed by atoms with van der Waals surface area (Å²) < 4.78 is 7.42. The molecule has 0 saturated heterocycles. The summed E-state index contributed by atoms with van der Waals surface area (Å²) in [5.74, 6) is 0. The highest BCUT2D eigenvalue weighted by Gasteiger charge is 2.22. The van der Waals surface area contributed by atoms with Crippen LogP contribution >= 0.6 is 0 Å². The van der Waals surface area contributed by atoms with Gasteiger partial charge in [0.25, 0.3) is 0 Å². The third-order valence-electron chi connectivity index (χ3n) is 2.95. The second-order valence-corrected chi connectivity index (χ2v) is 12.3. The van der Waals surface area contributed by atoms with Crippen LogP contribution in [0.2, 0.25) is 25.7 Å². The second kappa shape index (κ2) is 5.99. The fourth-order valence-electron chi connectivity index (χ4n) is 1.41. The molecule has 0 aromatic carbocycles. The fraction of sp³-hybridized carbons (Fsp3) is 0.769. The molecule has 4 nitrogen and oxygen atoms in total. The Morgan fingerprint density at radius 2 is 2.06 bits per heavy atom. The first kappa shape index (κ1) is 15.4. The molecule has 1 heterocycles. The van der Waals surface area contributed by atoms with Gasteiger partial charge in [0, 0.05) is 26.3 Å². The van der Waals surface area contributed by atoms with E-state index in [1.807, 2.05) is 26.1 Å². The van der Waals surface area contributed by atoms with Crippen LogP contribution in [0, 0.1) is 0 Å². The number of aromatic nitrogens is 2. The van der Waals surface area contributed by atoms with E-state index in [0.29, 0.717) is 6.73 Å². The van der Waals surface area contributed by atoms with E-state index in [4.69, 9.17) is 4.74 Å². The normalized spacial score (nSPS) is 13.0. The first-order valence-electron chi connectivity index (χ1n) is 6.47. The van der Waals surface area contributed by atoms with Gasteiger partial charge in [0.05, 0.1) is 12.3 Å². The van der Waals surface area contributed by atoms with Gasteiger partial charge in [-0.25, -0.2) is 4.68 Å². The van der Waals surface area contributed by atoms with Gasteiger partial charge >= 0.3 is 0 Å². The minimum Gasteiger partial charge on any atom is -0.395 e. The van der Waals surface area contributed by atoms with Crippen LogP contribution in [0.3, 0.4) is 0 Å². The van der Waals surface area contributed by atoms with Crippen molar-refractivity contribution in [3.63, 3.8) is 0 Å². The van der Waals surface area contributed by atoms with Gasteiger partial charge in [0.1, 0.15) is 6.73 Å². The second-order valence-electron chi connectivity index (χ2n) is 6.63. The molecule has 0 aliphatic carbocycles. The lowest BCUT2D eigenvalue weighted by Gasteiger charge is -2.18. The Balaban J connectivity index is 2.41. The number of aliphatic hydroxyl groups is 1. The van der Waals surface area contributed by atoms with E-state index in [-0.39, 0.29) is 12.0 Å². The molecule has 0 unspecified atom stereocenters. The van der Waals surface area contributed by atoms with E-state index in [1.54, 1.807) is 4.68 Å². The van der Waals surface area contributed by atoms with Gasteiger partial charge in [-0.05, 0) is 12.1 Å². The van der Waals surface area contributed by atoms with Crippen molar-refractivity contribution in [2.45, 2.75) is 51.7 Å². The molecule has 5 heteroatoms. The minimum atomic E-state index is -1.01. The van der Waals surface area contributed by atoms with Crippen LogP contribution < -0.4 is 0 Å². The lowest BCUT2D eigenvalue weighted by atomic mass is 9.91. The molecule has 1 rings (SSSR count). The Bertz CT molecular complexity index is 369. The van der Waals surface area contributed by atoms with Crippen LogP contribution in [-0.2, 0) is 16.9 Å². The van der Waals surface area contributed by atoms with E-state index in [9.17, 15) is 5.11 Å². The van der Waals surface area contributed by atoms with Crippen LogP contribution in [0.15, 0.2) is 12.3 Å². The first-order valence-corrected chi connectivity index (χ1v) is 10.2. The van der Waals surface area contributed by atoms with Crippen molar-refractivity contribution >= 4 is 8.07 Å². The van der Waals surface area contributed by atoms with Crippen molar-refractivity contribution in [1.29, 1.82) is 0 Å². The Morgan fingerprint density at radius 1 is 1.39 bits per heavy atom. The van der Waals surface area contributed by atoms with Crippen LogP contribution in [-0.4, -0.2) is 36.2 Å². The average Bonchev–Trinajstić information content (AvgIpc) is 2.72. The Morgan fingerprint density at radius 3 is 2.61 bits per heavy atom. The first-order chi connectivity index (χ1) is 8.24. The molecule has 0 bridgehead atoms. The Labute approximate surface area is 111 Å². The largest absolute Gasteiger partial charge is 0.395 e. The predicted molar refractivity (Wildman–Crippen MR) is 76.4 cm³/mol. The van der Waals surface area contributed by atoms with Crippen LogP contribution in [0.5, 0.6) is 0 Å². The lowest BCUT2D eigenvalue weighted by Crippen LogP contribution is -2.23. The van der Waals surface area contributed by atoms with Crippen molar-refractivity contribution in [2.75, 3.05) is 13.2 Å². The molecule has 0 radical (unpaired) electrons. The molecule has 18 heavy (non-hydrogen) atoms. The maximum absolute atomic E-state index is 9.28. The number of hydrogen-bond donors (Lipinski definition) is 1. The summed E-state index contributed by atoms with van der Waals surface area (Å²) in [5, 5.41) is 13.7. The van der Waals surface area contributed by atoms with Gasteiger partial charge in [0.15, 0.2) is 0 Å². The molecule has 1 N–H and O–H groups in total. The van der Waals surface area contributed by atoms with E-state index < -0.39 is 8.07 Å². The van der Waals surface area contributed by atoms with Crippen LogP contribution in [0.1, 0.15) is 19.5 Å². The quantitative estimate of drug-likeness (QED) is 0.611. The Hall–Kier alpha value is -0.653. The highest BCUT2D eigenvalue weighted by Crippen LogP contribution is 2.19. The molecule has 0 fully saturated rings. The summed E-state index contributed by atoms with van der Waals surface area (Å²) in [6.45, 7) is 12.4. The molecule has 0 amide bonds. The van der Waals surface area contributed by atoms with Crippen molar-refractivity contribution in [3.05, 3.63) is 18.0 Å². The smallest absolute Gasteiger partial charge is 0.139 e. The van der Waals surface area contributed by atoms with Gasteiger partial charge in [-0.3, -0.25) is 0 Å². The summed E-state index contributed by atoms with van der Waals surface area (Å²) in [7, 11) is -1.01. The lowest BCUT2D eigenvalue weighted by molar-refractivity contribution is 0.0776. The number of nitrogens with zero attached hydrogens (tertiary/aromatic N) is 2. The SMILES string of the molecule is CC(C)(CO)c1ccn(COCC[Si](C)(C)C)n1. The standard InChI is InChI=1S/C13H26N2O2Si/c1-13(2,10-16)12-6-7-15(14-12)11-17-8-9-18(3,4)5/h6-7,16H,8-11H2,1-5H3. The third-order valence-corrected chi connectivity index (χ3v) is 4.65. The van der Waals surface area contributed by atoms with Gasteiger partial charge in [0.2, 0.25) is 0 Å². The maximum Gasteiger partial charge on any atom is 0.139 e. The molecule has 1 aromatic heterocycles. The van der Waals surface area contributed by atoms with E-state index in [2.05, 4.69) is 24.7 Å². The number of aliphatic hydroxyl groups excluding tert-OH is 1. The van der Waals surface area contributed by atoms with Crippen LogP contribution in [0.4, 0.5) is 0 Å². The summed E-state index contributed by atoms with van der Waals surface area (Å²) in [4.78, 5) is 0. The van der Waals surface area contributed by atoms with Gasteiger partial charge in [-0.1, -0.05) is 33.5 Å². The summed E-state index contributed by atoms with van der Waals surface area (Å²) in [5.41, 5.74) is 0.614. The monoisotopic (exact) mass is 270 g/mol. The highest BCUT2D eigenvalue weighted by molar-refractivity contribution is 6.76. The fourth-order valence-corrected chi connectivity index (χ4v) is 2.17. The summed E-state index contributed by atoms with van der Waals surface area (Å²) >= 11 is 0. The molecular formula is C13H26N2O2Si. The van der Waals surface area contributed by atoms with Crippen molar-refractivity contribution in [2.24, 2.45) is 0 Å². The molecule has 0 saturated carbocycles.